The Kier molecular flexibility index (Phi) is 8.05. The first kappa shape index (κ1) is 16.4. The number of aliphatic hydroxyl groups excluding tert-OH is 1. The van der Waals surface area contributed by atoms with Gasteiger partial charge in [-0.2, -0.15) is 0 Å². The van der Waals surface area contributed by atoms with Crippen LogP contribution in [0.4, 0.5) is 0 Å². The molecule has 0 aliphatic rings. The van der Waals surface area contributed by atoms with Crippen LogP contribution in [0.15, 0.2) is 22.7 Å². The van der Waals surface area contributed by atoms with Gasteiger partial charge in [-0.1, -0.05) is 6.07 Å². The van der Waals surface area contributed by atoms with Crippen LogP contribution in [0, 0.1) is 6.92 Å². The predicted octanol–water partition coefficient (Wildman–Crippen LogP) is 2.12. The number of benzene rings is 1. The molecule has 0 aliphatic carbocycles. The zero-order valence-electron chi connectivity index (χ0n) is 11.5. The predicted molar refractivity (Wildman–Crippen MR) is 79.7 cm³/mol. The van der Waals surface area contributed by atoms with E-state index < -0.39 is 6.10 Å². The monoisotopic (exact) mass is 331 g/mol. The average Bonchev–Trinajstić information content (AvgIpc) is 2.37. The number of rotatable bonds is 9. The highest BCUT2D eigenvalue weighted by Gasteiger charge is 2.07. The molecule has 0 saturated heterocycles. The summed E-state index contributed by atoms with van der Waals surface area (Å²) in [6.45, 7) is 6.86. The third kappa shape index (κ3) is 6.92. The summed E-state index contributed by atoms with van der Waals surface area (Å²) < 4.78 is 11.7. The van der Waals surface area contributed by atoms with Gasteiger partial charge in [-0.25, -0.2) is 0 Å². The largest absolute Gasteiger partial charge is 0.490 e. The molecule has 0 fully saturated rings. The fourth-order valence-corrected chi connectivity index (χ4v) is 2.13. The minimum Gasteiger partial charge on any atom is -0.490 e. The molecule has 1 aromatic rings. The van der Waals surface area contributed by atoms with E-state index >= 15 is 0 Å². The first-order valence-corrected chi connectivity index (χ1v) is 7.28. The van der Waals surface area contributed by atoms with Crippen LogP contribution in [0.2, 0.25) is 0 Å². The Morgan fingerprint density at radius 2 is 2.21 bits per heavy atom. The molecule has 2 N–H and O–H groups in total. The molecule has 0 bridgehead atoms. The zero-order valence-corrected chi connectivity index (χ0v) is 13.1. The SMILES string of the molecule is CCOCCNCC(O)COc1ccc(C)cc1Br. The van der Waals surface area contributed by atoms with Crippen molar-refractivity contribution in [3.63, 3.8) is 0 Å². The maximum Gasteiger partial charge on any atom is 0.133 e. The van der Waals surface area contributed by atoms with Crippen molar-refractivity contribution >= 4 is 15.9 Å². The zero-order chi connectivity index (χ0) is 14.1. The average molecular weight is 332 g/mol. The standard InChI is InChI=1S/C14H22BrNO3/c1-3-18-7-6-16-9-12(17)10-19-14-5-4-11(2)8-13(14)15/h4-5,8,12,16-17H,3,6-7,9-10H2,1-2H3. The normalized spacial score (nSPS) is 12.4. The van der Waals surface area contributed by atoms with Gasteiger partial charge in [0.05, 0.1) is 11.1 Å². The molecule has 0 heterocycles. The van der Waals surface area contributed by atoms with Gasteiger partial charge in [0.2, 0.25) is 0 Å². The lowest BCUT2D eigenvalue weighted by molar-refractivity contribution is 0.100. The molecule has 19 heavy (non-hydrogen) atoms. The quantitative estimate of drug-likeness (QED) is 0.680. The number of hydrogen-bond donors (Lipinski definition) is 2. The molecule has 0 spiro atoms. The summed E-state index contributed by atoms with van der Waals surface area (Å²) in [7, 11) is 0. The number of aryl methyl sites for hydroxylation is 1. The molecule has 0 amide bonds. The van der Waals surface area contributed by atoms with Crippen LogP contribution in [0.3, 0.4) is 0 Å². The van der Waals surface area contributed by atoms with Crippen molar-refractivity contribution < 1.29 is 14.6 Å². The Balaban J connectivity index is 2.20. The maximum atomic E-state index is 9.77. The molecule has 0 saturated carbocycles. The molecule has 1 atom stereocenters. The van der Waals surface area contributed by atoms with Crippen molar-refractivity contribution in [3.8, 4) is 5.75 Å². The summed E-state index contributed by atoms with van der Waals surface area (Å²) in [5.41, 5.74) is 1.16. The second-order valence-electron chi connectivity index (χ2n) is 4.30. The van der Waals surface area contributed by atoms with Gasteiger partial charge in [0.15, 0.2) is 0 Å². The lowest BCUT2D eigenvalue weighted by Gasteiger charge is -2.14. The molecule has 0 radical (unpaired) electrons. The van der Waals surface area contributed by atoms with Crippen LogP contribution >= 0.6 is 15.9 Å². The molecule has 108 valence electrons. The van der Waals surface area contributed by atoms with E-state index in [-0.39, 0.29) is 6.61 Å². The smallest absolute Gasteiger partial charge is 0.133 e. The van der Waals surface area contributed by atoms with Crippen molar-refractivity contribution in [2.45, 2.75) is 20.0 Å². The molecule has 5 heteroatoms. The first-order chi connectivity index (χ1) is 9.13. The van der Waals surface area contributed by atoms with Crippen molar-refractivity contribution in [1.29, 1.82) is 0 Å². The molecule has 1 aromatic carbocycles. The van der Waals surface area contributed by atoms with Crippen molar-refractivity contribution in [1.82, 2.24) is 5.32 Å². The van der Waals surface area contributed by atoms with Gasteiger partial charge >= 0.3 is 0 Å². The number of ether oxygens (including phenoxy) is 2. The Bertz CT molecular complexity index is 374. The molecule has 0 aromatic heterocycles. The highest BCUT2D eigenvalue weighted by Crippen LogP contribution is 2.25. The number of hydrogen-bond acceptors (Lipinski definition) is 4. The van der Waals surface area contributed by atoms with Crippen LogP contribution in [0.5, 0.6) is 5.75 Å². The summed E-state index contributed by atoms with van der Waals surface area (Å²) in [5.74, 6) is 0.749. The Hall–Kier alpha value is -0.620. The summed E-state index contributed by atoms with van der Waals surface area (Å²) >= 11 is 3.44. The molecule has 4 nitrogen and oxygen atoms in total. The van der Waals surface area contributed by atoms with Gasteiger partial charge in [0, 0.05) is 19.7 Å². The van der Waals surface area contributed by atoms with Crippen molar-refractivity contribution in [2.24, 2.45) is 0 Å². The molecular formula is C14H22BrNO3. The second-order valence-corrected chi connectivity index (χ2v) is 5.15. The fraction of sp³-hybridized carbons (Fsp3) is 0.571. The Labute approximate surface area is 123 Å². The Morgan fingerprint density at radius 1 is 1.42 bits per heavy atom. The first-order valence-electron chi connectivity index (χ1n) is 6.49. The van der Waals surface area contributed by atoms with Gasteiger partial charge < -0.3 is 19.9 Å². The van der Waals surface area contributed by atoms with Crippen LogP contribution < -0.4 is 10.1 Å². The summed E-state index contributed by atoms with van der Waals surface area (Å²) in [4.78, 5) is 0. The molecular weight excluding hydrogens is 310 g/mol. The van der Waals surface area contributed by atoms with Crippen LogP contribution in [-0.2, 0) is 4.74 Å². The van der Waals surface area contributed by atoms with E-state index in [2.05, 4.69) is 21.2 Å². The molecule has 0 aliphatic heterocycles. The summed E-state index contributed by atoms with van der Waals surface area (Å²) in [5, 5.41) is 12.9. The van der Waals surface area contributed by atoms with E-state index in [0.717, 1.165) is 28.9 Å². The van der Waals surface area contributed by atoms with Gasteiger partial charge in [0.1, 0.15) is 18.5 Å². The lowest BCUT2D eigenvalue weighted by Crippen LogP contribution is -2.33. The fourth-order valence-electron chi connectivity index (χ4n) is 1.53. The number of halogens is 1. The summed E-state index contributed by atoms with van der Waals surface area (Å²) in [6, 6.07) is 5.86. The highest BCUT2D eigenvalue weighted by atomic mass is 79.9. The van der Waals surface area contributed by atoms with E-state index in [1.54, 1.807) is 0 Å². The number of aliphatic hydroxyl groups is 1. The van der Waals surface area contributed by atoms with Gasteiger partial charge in [-0.3, -0.25) is 0 Å². The van der Waals surface area contributed by atoms with Gasteiger partial charge in [0.25, 0.3) is 0 Å². The Morgan fingerprint density at radius 3 is 2.89 bits per heavy atom. The second kappa shape index (κ2) is 9.31. The minimum atomic E-state index is -0.533. The number of nitrogens with one attached hydrogen (secondary N) is 1. The van der Waals surface area contributed by atoms with E-state index in [4.69, 9.17) is 9.47 Å². The third-order valence-electron chi connectivity index (χ3n) is 2.53. The van der Waals surface area contributed by atoms with Crippen LogP contribution in [-0.4, -0.2) is 44.1 Å². The van der Waals surface area contributed by atoms with Crippen LogP contribution in [0.25, 0.3) is 0 Å². The highest BCUT2D eigenvalue weighted by molar-refractivity contribution is 9.10. The van der Waals surface area contributed by atoms with Gasteiger partial charge in [-0.15, -0.1) is 0 Å². The molecule has 1 rings (SSSR count). The van der Waals surface area contributed by atoms with E-state index in [1.807, 2.05) is 32.0 Å². The van der Waals surface area contributed by atoms with Gasteiger partial charge in [-0.05, 0) is 47.5 Å². The van der Waals surface area contributed by atoms with Crippen LogP contribution in [0.1, 0.15) is 12.5 Å². The minimum absolute atomic E-state index is 0.267. The van der Waals surface area contributed by atoms with Crippen molar-refractivity contribution in [2.75, 3.05) is 32.9 Å². The topological polar surface area (TPSA) is 50.7 Å². The third-order valence-corrected chi connectivity index (χ3v) is 3.15. The molecule has 1 unspecified atom stereocenters. The lowest BCUT2D eigenvalue weighted by atomic mass is 10.2. The van der Waals surface area contributed by atoms with E-state index in [0.29, 0.717) is 13.2 Å². The van der Waals surface area contributed by atoms with E-state index in [9.17, 15) is 5.11 Å². The maximum absolute atomic E-state index is 9.77. The summed E-state index contributed by atoms with van der Waals surface area (Å²) in [6.07, 6.45) is -0.533. The van der Waals surface area contributed by atoms with E-state index in [1.165, 1.54) is 0 Å². The van der Waals surface area contributed by atoms with Crippen molar-refractivity contribution in [3.05, 3.63) is 28.2 Å².